The van der Waals surface area contributed by atoms with E-state index in [4.69, 9.17) is 14.7 Å². The summed E-state index contributed by atoms with van der Waals surface area (Å²) >= 11 is 0. The van der Waals surface area contributed by atoms with Gasteiger partial charge in [-0.05, 0) is 85.0 Å². The van der Waals surface area contributed by atoms with Gasteiger partial charge in [-0.2, -0.15) is 0 Å². The Morgan fingerprint density at radius 1 is 0.653 bits per heavy atom. The third kappa shape index (κ3) is 11.2. The number of aromatic hydroxyl groups is 2. The van der Waals surface area contributed by atoms with E-state index < -0.39 is 0 Å². The summed E-state index contributed by atoms with van der Waals surface area (Å²) in [6.45, 7) is 16.8. The first-order valence-electron chi connectivity index (χ1n) is 16.9. The zero-order valence-corrected chi connectivity index (χ0v) is 31.1. The van der Waals surface area contributed by atoms with Gasteiger partial charge in [-0.1, -0.05) is 96.8 Å². The number of rotatable bonds is 6. The van der Waals surface area contributed by atoms with E-state index in [-0.39, 0.29) is 45.4 Å². The van der Waals surface area contributed by atoms with Crippen LogP contribution in [-0.4, -0.2) is 34.7 Å². The molecular weight excluding hydrogens is 655 g/mol. The predicted molar refractivity (Wildman–Crippen MR) is 197 cm³/mol. The summed E-state index contributed by atoms with van der Waals surface area (Å²) in [5.74, 6) is 2.07. The molecule has 49 heavy (non-hydrogen) atoms. The molecule has 6 nitrogen and oxygen atoms in total. The van der Waals surface area contributed by atoms with Crippen LogP contribution < -0.4 is 9.84 Å². The molecule has 1 aliphatic rings. The van der Waals surface area contributed by atoms with Crippen LogP contribution in [0.25, 0.3) is 0 Å². The Kier molecular flexibility index (Phi) is 13.7. The van der Waals surface area contributed by atoms with Gasteiger partial charge in [-0.15, -0.1) is 5.75 Å². The molecule has 0 aliphatic heterocycles. The first-order valence-corrected chi connectivity index (χ1v) is 16.9. The number of aliphatic imine (C=N–C) groups is 2. The standard InChI is InChI=1S/C30H42N2O2.C12H10O2.Co/c1-19-13-21(27(33)23(15-19)29(3,4)5)17-31-25-11-9-10-12-26(25)32-18-22-14-20(2)16-24(28(22)34)30(6,7)8;13-10-6-8-12(9-7-10)14-11-4-2-1-3-5-11;/h13-18,25-26,33-34H,9-12H2,1-8H3;1-9,13H;/p-1. The van der Waals surface area contributed by atoms with Gasteiger partial charge in [0.2, 0.25) is 0 Å². The van der Waals surface area contributed by atoms with E-state index in [2.05, 4.69) is 67.5 Å². The van der Waals surface area contributed by atoms with Crippen LogP contribution >= 0.6 is 0 Å². The molecule has 1 aliphatic carbocycles. The van der Waals surface area contributed by atoms with Crippen LogP contribution in [0.3, 0.4) is 0 Å². The Bertz CT molecular complexity index is 1630. The molecule has 4 aromatic rings. The number of nitrogens with zero attached hydrogens (tertiary/aromatic N) is 2. The molecule has 0 aromatic heterocycles. The number of hydrogen-bond donors (Lipinski definition) is 2. The van der Waals surface area contributed by atoms with Gasteiger partial charge < -0.3 is 20.1 Å². The van der Waals surface area contributed by atoms with Crippen LogP contribution in [0.15, 0.2) is 88.8 Å². The van der Waals surface area contributed by atoms with Gasteiger partial charge in [-0.25, -0.2) is 0 Å². The summed E-state index contributed by atoms with van der Waals surface area (Å²) in [5, 5.41) is 32.6. The van der Waals surface area contributed by atoms with Crippen molar-refractivity contribution >= 4 is 12.4 Å². The average molecular weight is 707 g/mol. The first kappa shape index (κ1) is 39.4. The Labute approximate surface area is 303 Å². The monoisotopic (exact) mass is 706 g/mol. The van der Waals surface area contributed by atoms with Crippen molar-refractivity contribution in [3.8, 4) is 28.7 Å². The molecule has 0 bridgehead atoms. The fourth-order valence-electron chi connectivity index (χ4n) is 5.88. The molecule has 1 saturated carbocycles. The number of benzene rings is 4. The summed E-state index contributed by atoms with van der Waals surface area (Å²) in [4.78, 5) is 9.82. The van der Waals surface area contributed by atoms with Crippen molar-refractivity contribution in [2.75, 3.05) is 0 Å². The van der Waals surface area contributed by atoms with Crippen LogP contribution in [-0.2, 0) is 27.6 Å². The maximum Gasteiger partial charge on any atom is 0.128 e. The molecule has 4 aromatic carbocycles. The maximum absolute atomic E-state index is 10.9. The van der Waals surface area contributed by atoms with Crippen molar-refractivity contribution in [3.05, 3.63) is 112 Å². The number of phenols is 2. The number of phenolic OH excluding ortho intramolecular Hbond substituents is 2. The second-order valence-electron chi connectivity index (χ2n) is 14.9. The molecule has 0 saturated heterocycles. The minimum atomic E-state index is -0.141. The van der Waals surface area contributed by atoms with Crippen molar-refractivity contribution in [1.29, 1.82) is 0 Å². The third-order valence-corrected chi connectivity index (χ3v) is 8.49. The van der Waals surface area contributed by atoms with Crippen molar-refractivity contribution in [2.45, 2.75) is 104 Å². The second-order valence-corrected chi connectivity index (χ2v) is 14.9. The van der Waals surface area contributed by atoms with E-state index in [1.54, 1.807) is 12.1 Å². The zero-order chi connectivity index (χ0) is 35.1. The summed E-state index contributed by atoms with van der Waals surface area (Å²) < 4.78 is 5.49. The first-order chi connectivity index (χ1) is 22.6. The Hall–Kier alpha value is -4.07. The van der Waals surface area contributed by atoms with Gasteiger partial charge >= 0.3 is 0 Å². The van der Waals surface area contributed by atoms with Crippen LogP contribution in [0.5, 0.6) is 28.7 Å². The van der Waals surface area contributed by atoms with E-state index in [0.29, 0.717) is 17.2 Å². The van der Waals surface area contributed by atoms with Crippen molar-refractivity contribution in [2.24, 2.45) is 9.98 Å². The normalized spacial score (nSPS) is 16.6. The van der Waals surface area contributed by atoms with Gasteiger partial charge in [0.15, 0.2) is 0 Å². The fourth-order valence-corrected chi connectivity index (χ4v) is 5.88. The zero-order valence-electron chi connectivity index (χ0n) is 30.1. The second kappa shape index (κ2) is 17.0. The molecule has 0 spiro atoms. The Morgan fingerprint density at radius 2 is 1.06 bits per heavy atom. The molecule has 7 heteroatoms. The maximum atomic E-state index is 10.9. The number of para-hydroxylation sites is 1. The number of ether oxygens (including phenoxy) is 1. The topological polar surface area (TPSA) is 97.5 Å². The van der Waals surface area contributed by atoms with E-state index in [1.165, 1.54) is 12.1 Å². The predicted octanol–water partition coefficient (Wildman–Crippen LogP) is 9.71. The molecule has 5 rings (SSSR count). The van der Waals surface area contributed by atoms with E-state index in [1.807, 2.05) is 54.9 Å². The number of aryl methyl sites for hydroxylation is 2. The van der Waals surface area contributed by atoms with Crippen LogP contribution in [0.2, 0.25) is 0 Å². The van der Waals surface area contributed by atoms with Gasteiger partial charge in [0, 0.05) is 51.5 Å². The minimum Gasteiger partial charge on any atom is -0.872 e. The molecule has 1 fully saturated rings. The van der Waals surface area contributed by atoms with Crippen LogP contribution in [0.1, 0.15) is 101 Å². The quantitative estimate of drug-likeness (QED) is 0.195. The van der Waals surface area contributed by atoms with Gasteiger partial charge in [0.05, 0.1) is 12.1 Å². The fraction of sp³-hybridized carbons (Fsp3) is 0.381. The molecule has 0 amide bonds. The van der Waals surface area contributed by atoms with E-state index in [9.17, 15) is 15.3 Å². The smallest absolute Gasteiger partial charge is 0.128 e. The Morgan fingerprint density at radius 3 is 1.47 bits per heavy atom. The molecule has 0 heterocycles. The summed E-state index contributed by atoms with van der Waals surface area (Å²) in [5.41, 5.74) is 5.37. The van der Waals surface area contributed by atoms with Gasteiger partial charge in [0.1, 0.15) is 23.0 Å². The minimum absolute atomic E-state index is 0. The van der Waals surface area contributed by atoms with Crippen molar-refractivity contribution in [3.63, 3.8) is 0 Å². The molecule has 1 radical (unpaired) electrons. The van der Waals surface area contributed by atoms with Gasteiger partial charge in [0.25, 0.3) is 0 Å². The summed E-state index contributed by atoms with van der Waals surface area (Å²) in [6, 6.07) is 24.0. The third-order valence-electron chi connectivity index (χ3n) is 8.49. The molecule has 263 valence electrons. The largest absolute Gasteiger partial charge is 0.872 e. The molecule has 2 N–H and O–H groups in total. The summed E-state index contributed by atoms with van der Waals surface area (Å²) in [6.07, 6.45) is 7.88. The van der Waals surface area contributed by atoms with Crippen molar-refractivity contribution < 1.29 is 36.8 Å². The van der Waals surface area contributed by atoms with Crippen LogP contribution in [0.4, 0.5) is 0 Å². The SMILES string of the molecule is Cc1cc(C=NC2CCCCC2N=Cc2cc(C)cc(C(C)(C)C)c2O)c(O)c(C(C)(C)C)c1.[Co].[O-]c1ccc(Oc2ccccc2)cc1. The van der Waals surface area contributed by atoms with E-state index >= 15 is 0 Å². The molecule has 2 unspecified atom stereocenters. The molecular formula is C42H51CoN2O4-. The molecule has 2 atom stereocenters. The van der Waals surface area contributed by atoms with E-state index in [0.717, 1.165) is 64.8 Å². The average Bonchev–Trinajstić information content (AvgIpc) is 3.03. The number of hydrogen-bond acceptors (Lipinski definition) is 6. The van der Waals surface area contributed by atoms with Gasteiger partial charge in [-0.3, -0.25) is 9.98 Å². The summed E-state index contributed by atoms with van der Waals surface area (Å²) in [7, 11) is 0. The van der Waals surface area contributed by atoms with Crippen LogP contribution in [0, 0.1) is 13.8 Å². The van der Waals surface area contributed by atoms with Crippen molar-refractivity contribution in [1.82, 2.24) is 0 Å². The Balaban J connectivity index is 0.000000361.